The number of carbonyl (C=O) groups is 1. The van der Waals surface area contributed by atoms with Crippen molar-refractivity contribution in [2.24, 2.45) is 0 Å². The van der Waals surface area contributed by atoms with Crippen LogP contribution in [0.25, 0.3) is 10.9 Å². The third-order valence-corrected chi connectivity index (χ3v) is 6.87. The zero-order valence-electron chi connectivity index (χ0n) is 18.0. The smallest absolute Gasteiger partial charge is 0.253 e. The van der Waals surface area contributed by atoms with E-state index in [1.54, 1.807) is 0 Å². The predicted octanol–water partition coefficient (Wildman–Crippen LogP) is 2.39. The van der Waals surface area contributed by atoms with Crippen LogP contribution in [0.1, 0.15) is 40.9 Å². The predicted molar refractivity (Wildman–Crippen MR) is 116 cm³/mol. The number of amides is 1. The maximum atomic E-state index is 13.2. The number of aromatic amines is 1. The topological polar surface area (TPSA) is 62.8 Å². The van der Waals surface area contributed by atoms with Crippen LogP contribution in [0.15, 0.2) is 18.2 Å². The minimum atomic E-state index is -0.691. The van der Waals surface area contributed by atoms with Gasteiger partial charge in [0.1, 0.15) is 0 Å². The first-order valence-electron chi connectivity index (χ1n) is 10.9. The lowest BCUT2D eigenvalue weighted by molar-refractivity contribution is -0.0179. The number of hydrogen-bond donors (Lipinski definition) is 2. The molecule has 1 aromatic carbocycles. The number of piperazine rings is 1. The van der Waals surface area contributed by atoms with E-state index in [1.807, 2.05) is 23.1 Å². The van der Waals surface area contributed by atoms with Crippen molar-refractivity contribution in [2.75, 3.05) is 52.9 Å². The molecular weight excluding hydrogens is 364 g/mol. The first-order valence-corrected chi connectivity index (χ1v) is 10.9. The van der Waals surface area contributed by atoms with E-state index in [1.165, 1.54) is 5.56 Å². The molecule has 2 N–H and O–H groups in total. The molecule has 1 aromatic heterocycles. The van der Waals surface area contributed by atoms with E-state index in [0.717, 1.165) is 67.7 Å². The number of likely N-dealkylation sites (tertiary alicyclic amines) is 1. The van der Waals surface area contributed by atoms with Crippen LogP contribution >= 0.6 is 0 Å². The van der Waals surface area contributed by atoms with Crippen molar-refractivity contribution in [1.29, 1.82) is 0 Å². The van der Waals surface area contributed by atoms with Gasteiger partial charge in [-0.25, -0.2) is 0 Å². The van der Waals surface area contributed by atoms with Crippen LogP contribution in [0.2, 0.25) is 0 Å². The van der Waals surface area contributed by atoms with E-state index >= 15 is 0 Å². The van der Waals surface area contributed by atoms with Crippen molar-refractivity contribution < 1.29 is 9.90 Å². The first-order chi connectivity index (χ1) is 13.8. The Kier molecular flexibility index (Phi) is 5.69. The number of benzene rings is 1. The summed E-state index contributed by atoms with van der Waals surface area (Å²) >= 11 is 0. The number of nitrogens with zero attached hydrogens (tertiary/aromatic N) is 3. The minimum Gasteiger partial charge on any atom is -0.388 e. The number of nitrogens with one attached hydrogen (secondary N) is 1. The molecule has 0 aliphatic carbocycles. The highest BCUT2D eigenvalue weighted by molar-refractivity contribution is 5.99. The number of rotatable bonds is 3. The summed E-state index contributed by atoms with van der Waals surface area (Å²) in [6.45, 7) is 10.3. The Morgan fingerprint density at radius 1 is 1.10 bits per heavy atom. The molecule has 1 atom stereocenters. The SMILES string of the molecule is Cc1[nH]c2ccc(C(=O)N3CCC[C@](O)(CN4CCN(C)CC4)CC3)cc2c1C. The van der Waals surface area contributed by atoms with E-state index in [0.29, 0.717) is 19.5 Å². The van der Waals surface area contributed by atoms with Crippen molar-refractivity contribution in [2.45, 2.75) is 38.7 Å². The highest BCUT2D eigenvalue weighted by atomic mass is 16.3. The fourth-order valence-electron chi connectivity index (χ4n) is 4.74. The maximum absolute atomic E-state index is 13.2. The van der Waals surface area contributed by atoms with Gasteiger partial charge in [0.2, 0.25) is 0 Å². The average molecular weight is 399 g/mol. The summed E-state index contributed by atoms with van der Waals surface area (Å²) < 4.78 is 0. The second-order valence-corrected chi connectivity index (χ2v) is 9.08. The number of aryl methyl sites for hydroxylation is 2. The van der Waals surface area contributed by atoms with E-state index in [9.17, 15) is 9.90 Å². The molecule has 4 rings (SSSR count). The average Bonchev–Trinajstić information content (AvgIpc) is 2.86. The van der Waals surface area contributed by atoms with Crippen LogP contribution in [0.5, 0.6) is 0 Å². The minimum absolute atomic E-state index is 0.0778. The second-order valence-electron chi connectivity index (χ2n) is 9.08. The number of likely N-dealkylation sites (N-methyl/N-ethyl adjacent to an activating group) is 1. The highest BCUT2D eigenvalue weighted by Crippen LogP contribution is 2.27. The van der Waals surface area contributed by atoms with Crippen molar-refractivity contribution in [3.05, 3.63) is 35.0 Å². The molecule has 6 nitrogen and oxygen atoms in total. The summed E-state index contributed by atoms with van der Waals surface area (Å²) in [5.74, 6) is 0.0778. The number of H-pyrrole nitrogens is 1. The molecule has 2 fully saturated rings. The number of carbonyl (C=O) groups excluding carboxylic acids is 1. The summed E-state index contributed by atoms with van der Waals surface area (Å²) in [5.41, 5.74) is 3.47. The molecule has 29 heavy (non-hydrogen) atoms. The summed E-state index contributed by atoms with van der Waals surface area (Å²) in [7, 11) is 2.15. The number of aromatic nitrogens is 1. The molecule has 0 unspecified atom stereocenters. The van der Waals surface area contributed by atoms with Gasteiger partial charge in [-0.3, -0.25) is 9.69 Å². The Bertz CT molecular complexity index is 884. The van der Waals surface area contributed by atoms with Gasteiger partial charge in [-0.2, -0.15) is 0 Å². The molecule has 0 radical (unpaired) electrons. The molecule has 0 spiro atoms. The van der Waals surface area contributed by atoms with Crippen molar-refractivity contribution >= 4 is 16.8 Å². The molecule has 0 bridgehead atoms. The van der Waals surface area contributed by atoms with E-state index in [-0.39, 0.29) is 5.91 Å². The molecule has 2 aliphatic heterocycles. The molecule has 3 heterocycles. The zero-order valence-corrected chi connectivity index (χ0v) is 18.0. The van der Waals surface area contributed by atoms with Gasteiger partial charge < -0.3 is 19.9 Å². The Labute approximate surface area is 173 Å². The quantitative estimate of drug-likeness (QED) is 0.833. The van der Waals surface area contributed by atoms with Crippen LogP contribution in [-0.4, -0.2) is 89.2 Å². The molecule has 6 heteroatoms. The Morgan fingerprint density at radius 2 is 1.86 bits per heavy atom. The molecule has 0 saturated carbocycles. The monoisotopic (exact) mass is 398 g/mol. The third-order valence-electron chi connectivity index (χ3n) is 6.87. The van der Waals surface area contributed by atoms with Crippen LogP contribution in [-0.2, 0) is 0 Å². The van der Waals surface area contributed by atoms with Gasteiger partial charge in [-0.15, -0.1) is 0 Å². The van der Waals surface area contributed by atoms with Gasteiger partial charge in [0.15, 0.2) is 0 Å². The Morgan fingerprint density at radius 3 is 2.62 bits per heavy atom. The molecule has 1 amide bonds. The number of aliphatic hydroxyl groups is 1. The summed E-state index contributed by atoms with van der Waals surface area (Å²) in [6.07, 6.45) is 2.26. The number of hydrogen-bond acceptors (Lipinski definition) is 4. The highest BCUT2D eigenvalue weighted by Gasteiger charge is 2.34. The second kappa shape index (κ2) is 8.09. The summed E-state index contributed by atoms with van der Waals surface area (Å²) in [4.78, 5) is 23.2. The van der Waals surface area contributed by atoms with Gasteiger partial charge in [0.25, 0.3) is 5.91 Å². The van der Waals surface area contributed by atoms with Gasteiger partial charge in [0, 0.05) is 68.0 Å². The molecule has 158 valence electrons. The molecule has 2 saturated heterocycles. The summed E-state index contributed by atoms with van der Waals surface area (Å²) in [6, 6.07) is 5.93. The van der Waals surface area contributed by atoms with E-state index < -0.39 is 5.60 Å². The van der Waals surface area contributed by atoms with E-state index in [4.69, 9.17) is 0 Å². The molecule has 2 aromatic rings. The maximum Gasteiger partial charge on any atom is 0.253 e. The normalized spacial score (nSPS) is 24.8. The van der Waals surface area contributed by atoms with Gasteiger partial charge in [-0.05, 0) is 63.9 Å². The Balaban J connectivity index is 1.42. The van der Waals surface area contributed by atoms with Crippen LogP contribution < -0.4 is 0 Å². The van der Waals surface area contributed by atoms with E-state index in [2.05, 4.69) is 35.7 Å². The fourth-order valence-corrected chi connectivity index (χ4v) is 4.74. The van der Waals surface area contributed by atoms with Gasteiger partial charge >= 0.3 is 0 Å². The van der Waals surface area contributed by atoms with Crippen molar-refractivity contribution in [3.63, 3.8) is 0 Å². The summed E-state index contributed by atoms with van der Waals surface area (Å²) in [5, 5.41) is 12.3. The lowest BCUT2D eigenvalue weighted by Gasteiger charge is -2.38. The van der Waals surface area contributed by atoms with Crippen LogP contribution in [0, 0.1) is 13.8 Å². The third kappa shape index (κ3) is 4.34. The van der Waals surface area contributed by atoms with Crippen LogP contribution in [0.4, 0.5) is 0 Å². The Hall–Kier alpha value is -1.89. The van der Waals surface area contributed by atoms with Gasteiger partial charge in [0.05, 0.1) is 5.60 Å². The first kappa shape index (κ1) is 20.4. The fraction of sp³-hybridized carbons (Fsp3) is 0.609. The number of β-amino-alcohol motifs (C(OH)–C–C–N with tert-alkyl or cyclic N) is 1. The molecular formula is C23H34N4O2. The zero-order chi connectivity index (χ0) is 20.6. The lowest BCUT2D eigenvalue weighted by Crippen LogP contribution is -2.51. The largest absolute Gasteiger partial charge is 0.388 e. The van der Waals surface area contributed by atoms with Gasteiger partial charge in [-0.1, -0.05) is 0 Å². The van der Waals surface area contributed by atoms with Crippen molar-refractivity contribution in [1.82, 2.24) is 19.7 Å². The molecule has 2 aliphatic rings. The standard InChI is InChI=1S/C23H34N4O2/c1-17-18(2)24-21-6-5-19(15-20(17)21)22(28)27-9-4-7-23(29,8-10-27)16-26-13-11-25(3)12-14-26/h5-6,15,24,29H,4,7-14,16H2,1-3H3/t23-/m1/s1. The number of fused-ring (bicyclic) bond motifs is 1. The lowest BCUT2D eigenvalue weighted by atomic mass is 9.94. The van der Waals surface area contributed by atoms with Crippen molar-refractivity contribution in [3.8, 4) is 0 Å². The van der Waals surface area contributed by atoms with Crippen LogP contribution in [0.3, 0.4) is 0 Å².